The number of nitrogens with one attached hydrogen (secondary N) is 2. The molecule has 1 amide bonds. The van der Waals surface area contributed by atoms with E-state index in [9.17, 15) is 9.59 Å². The smallest absolute Gasteiger partial charge is 0.407 e. The average molecular weight is 258 g/mol. The molecule has 1 saturated heterocycles. The molecular formula is C12H22N2O4. The Kier molecular flexibility index (Phi) is 4.95. The second-order valence-corrected chi connectivity index (χ2v) is 5.59. The Morgan fingerprint density at radius 2 is 2.11 bits per heavy atom. The molecule has 0 saturated carbocycles. The zero-order chi connectivity index (χ0) is 13.8. The van der Waals surface area contributed by atoms with Gasteiger partial charge < -0.3 is 20.5 Å². The Hall–Kier alpha value is -1.30. The van der Waals surface area contributed by atoms with Crippen molar-refractivity contribution in [1.82, 2.24) is 10.6 Å². The molecule has 2 atom stereocenters. The van der Waals surface area contributed by atoms with Crippen LogP contribution in [0, 0.1) is 5.92 Å². The first-order chi connectivity index (χ1) is 8.28. The highest BCUT2D eigenvalue weighted by atomic mass is 16.6. The molecule has 1 heterocycles. The van der Waals surface area contributed by atoms with Crippen LogP contribution >= 0.6 is 0 Å². The van der Waals surface area contributed by atoms with E-state index in [2.05, 4.69) is 10.6 Å². The Bertz CT molecular complexity index is 312. The topological polar surface area (TPSA) is 87.7 Å². The fourth-order valence-corrected chi connectivity index (χ4v) is 1.91. The summed E-state index contributed by atoms with van der Waals surface area (Å²) in [6, 6.07) is -0.00707. The van der Waals surface area contributed by atoms with Gasteiger partial charge in [-0.1, -0.05) is 0 Å². The summed E-state index contributed by atoms with van der Waals surface area (Å²) < 4.78 is 5.11. The summed E-state index contributed by atoms with van der Waals surface area (Å²) in [5.41, 5.74) is -0.520. The van der Waals surface area contributed by atoms with E-state index in [1.165, 1.54) is 0 Å². The average Bonchev–Trinajstić information content (AvgIpc) is 2.24. The molecular weight excluding hydrogens is 236 g/mol. The molecule has 6 nitrogen and oxygen atoms in total. The van der Waals surface area contributed by atoms with Crippen LogP contribution in [0.15, 0.2) is 0 Å². The SMILES string of the molecule is CC(C)(C)OC(=O)NC[C@H]1C[C@@H](C(=O)O)CCN1. The maximum absolute atomic E-state index is 11.4. The Morgan fingerprint density at radius 3 is 2.67 bits per heavy atom. The summed E-state index contributed by atoms with van der Waals surface area (Å²) in [7, 11) is 0. The predicted molar refractivity (Wildman–Crippen MR) is 66.4 cm³/mol. The van der Waals surface area contributed by atoms with Crippen molar-refractivity contribution in [1.29, 1.82) is 0 Å². The number of hydrogen-bond donors (Lipinski definition) is 3. The van der Waals surface area contributed by atoms with E-state index in [0.29, 0.717) is 25.9 Å². The first-order valence-electron chi connectivity index (χ1n) is 6.21. The van der Waals surface area contributed by atoms with Crippen molar-refractivity contribution in [3.8, 4) is 0 Å². The van der Waals surface area contributed by atoms with E-state index in [1.807, 2.05) is 0 Å². The van der Waals surface area contributed by atoms with Crippen LogP contribution in [0.25, 0.3) is 0 Å². The van der Waals surface area contributed by atoms with Gasteiger partial charge in [-0.25, -0.2) is 4.79 Å². The van der Waals surface area contributed by atoms with Gasteiger partial charge in [-0.2, -0.15) is 0 Å². The number of carbonyl (C=O) groups excluding carboxylic acids is 1. The Labute approximate surface area is 107 Å². The minimum atomic E-state index is -0.765. The molecule has 3 N–H and O–H groups in total. The molecule has 1 fully saturated rings. The van der Waals surface area contributed by atoms with Gasteiger partial charge in [0, 0.05) is 12.6 Å². The van der Waals surface area contributed by atoms with Gasteiger partial charge in [0.15, 0.2) is 0 Å². The second-order valence-electron chi connectivity index (χ2n) is 5.59. The van der Waals surface area contributed by atoms with Gasteiger partial charge in [-0.15, -0.1) is 0 Å². The lowest BCUT2D eigenvalue weighted by Crippen LogP contribution is -2.47. The predicted octanol–water partition coefficient (Wildman–Crippen LogP) is 0.964. The van der Waals surface area contributed by atoms with Crippen molar-refractivity contribution in [2.75, 3.05) is 13.1 Å². The van der Waals surface area contributed by atoms with Gasteiger partial charge in [-0.05, 0) is 40.2 Å². The van der Waals surface area contributed by atoms with E-state index in [0.717, 1.165) is 0 Å². The van der Waals surface area contributed by atoms with Gasteiger partial charge in [0.05, 0.1) is 5.92 Å². The summed E-state index contributed by atoms with van der Waals surface area (Å²) in [6.45, 7) is 6.44. The number of piperidine rings is 1. The van der Waals surface area contributed by atoms with E-state index in [4.69, 9.17) is 9.84 Å². The second kappa shape index (κ2) is 6.04. The number of hydrogen-bond acceptors (Lipinski definition) is 4. The quantitative estimate of drug-likeness (QED) is 0.702. The van der Waals surface area contributed by atoms with Crippen molar-refractivity contribution in [3.63, 3.8) is 0 Å². The molecule has 0 aromatic heterocycles. The number of ether oxygens (including phenoxy) is 1. The first kappa shape index (κ1) is 14.8. The molecule has 0 unspecified atom stereocenters. The maximum Gasteiger partial charge on any atom is 0.407 e. The third-order valence-corrected chi connectivity index (χ3v) is 2.74. The Balaban J connectivity index is 2.31. The standard InChI is InChI=1S/C12H22N2O4/c1-12(2,3)18-11(17)14-7-9-6-8(10(15)16)4-5-13-9/h8-9,13H,4-7H2,1-3H3,(H,14,17)(H,15,16)/t8-,9+/m0/s1. The fourth-order valence-electron chi connectivity index (χ4n) is 1.91. The van der Waals surface area contributed by atoms with Crippen molar-refractivity contribution in [3.05, 3.63) is 0 Å². The molecule has 1 rings (SSSR count). The third-order valence-electron chi connectivity index (χ3n) is 2.74. The highest BCUT2D eigenvalue weighted by molar-refractivity contribution is 5.70. The Morgan fingerprint density at radius 1 is 1.44 bits per heavy atom. The summed E-state index contributed by atoms with van der Waals surface area (Å²) >= 11 is 0. The summed E-state index contributed by atoms with van der Waals surface area (Å²) in [4.78, 5) is 22.3. The number of aliphatic carboxylic acids is 1. The molecule has 1 aliphatic rings. The van der Waals surface area contributed by atoms with E-state index in [-0.39, 0.29) is 12.0 Å². The monoisotopic (exact) mass is 258 g/mol. The number of amides is 1. The van der Waals surface area contributed by atoms with Gasteiger partial charge in [-0.3, -0.25) is 4.79 Å². The minimum Gasteiger partial charge on any atom is -0.481 e. The molecule has 0 aromatic rings. The van der Waals surface area contributed by atoms with E-state index < -0.39 is 17.7 Å². The van der Waals surface area contributed by atoms with Gasteiger partial charge in [0.25, 0.3) is 0 Å². The van der Waals surface area contributed by atoms with Gasteiger partial charge >= 0.3 is 12.1 Å². The van der Waals surface area contributed by atoms with E-state index in [1.54, 1.807) is 20.8 Å². The van der Waals surface area contributed by atoms with Crippen LogP contribution in [-0.4, -0.2) is 41.9 Å². The van der Waals surface area contributed by atoms with Crippen molar-refractivity contribution in [2.45, 2.75) is 45.3 Å². The number of carbonyl (C=O) groups is 2. The lowest BCUT2D eigenvalue weighted by molar-refractivity contribution is -0.142. The molecule has 0 radical (unpaired) electrons. The highest BCUT2D eigenvalue weighted by Crippen LogP contribution is 2.16. The minimum absolute atomic E-state index is 0.00707. The number of rotatable bonds is 3. The normalized spacial score (nSPS) is 24.4. The molecule has 104 valence electrons. The highest BCUT2D eigenvalue weighted by Gasteiger charge is 2.27. The van der Waals surface area contributed by atoms with Crippen LogP contribution in [-0.2, 0) is 9.53 Å². The zero-order valence-corrected chi connectivity index (χ0v) is 11.2. The van der Waals surface area contributed by atoms with Crippen molar-refractivity contribution >= 4 is 12.1 Å². The molecule has 0 bridgehead atoms. The van der Waals surface area contributed by atoms with Crippen molar-refractivity contribution in [2.24, 2.45) is 5.92 Å². The van der Waals surface area contributed by atoms with Gasteiger partial charge in [0.1, 0.15) is 5.60 Å². The molecule has 1 aliphatic heterocycles. The summed E-state index contributed by atoms with van der Waals surface area (Å²) in [6.07, 6.45) is 0.699. The number of carboxylic acid groups (broad SMARTS) is 1. The van der Waals surface area contributed by atoms with Crippen molar-refractivity contribution < 1.29 is 19.4 Å². The lowest BCUT2D eigenvalue weighted by atomic mass is 9.92. The van der Waals surface area contributed by atoms with Crippen LogP contribution in [0.2, 0.25) is 0 Å². The van der Waals surface area contributed by atoms with Crippen LogP contribution in [0.5, 0.6) is 0 Å². The fraction of sp³-hybridized carbons (Fsp3) is 0.833. The first-order valence-corrected chi connectivity index (χ1v) is 6.21. The molecule has 0 spiro atoms. The van der Waals surface area contributed by atoms with E-state index >= 15 is 0 Å². The number of alkyl carbamates (subject to hydrolysis) is 1. The van der Waals surface area contributed by atoms with Crippen LogP contribution in [0.1, 0.15) is 33.6 Å². The molecule has 18 heavy (non-hydrogen) atoms. The van der Waals surface area contributed by atoms with Crippen LogP contribution in [0.4, 0.5) is 4.79 Å². The third kappa shape index (κ3) is 5.35. The lowest BCUT2D eigenvalue weighted by Gasteiger charge is -2.28. The zero-order valence-electron chi connectivity index (χ0n) is 11.2. The molecule has 0 aromatic carbocycles. The molecule has 6 heteroatoms. The van der Waals surface area contributed by atoms with Gasteiger partial charge in [0.2, 0.25) is 0 Å². The largest absolute Gasteiger partial charge is 0.481 e. The van der Waals surface area contributed by atoms with Crippen LogP contribution < -0.4 is 10.6 Å². The molecule has 0 aliphatic carbocycles. The van der Waals surface area contributed by atoms with Crippen LogP contribution in [0.3, 0.4) is 0 Å². The maximum atomic E-state index is 11.4. The number of carboxylic acids is 1. The summed E-state index contributed by atoms with van der Waals surface area (Å²) in [5, 5.41) is 14.8. The summed E-state index contributed by atoms with van der Waals surface area (Å²) in [5.74, 6) is -1.09.